The van der Waals surface area contributed by atoms with Crippen molar-refractivity contribution in [1.82, 2.24) is 10.2 Å². The molecule has 0 aliphatic carbocycles. The number of nitrogens with one attached hydrogen (secondary N) is 2. The first-order valence-electron chi connectivity index (χ1n) is 7.13. The highest BCUT2D eigenvalue weighted by Gasteiger charge is 2.12. The van der Waals surface area contributed by atoms with Crippen molar-refractivity contribution in [2.24, 2.45) is 0 Å². The molecule has 3 aromatic rings. The van der Waals surface area contributed by atoms with Crippen LogP contribution in [0.5, 0.6) is 5.75 Å². The molecule has 0 atom stereocenters. The molecule has 0 radical (unpaired) electrons. The average Bonchev–Trinajstić information content (AvgIpc) is 2.98. The van der Waals surface area contributed by atoms with Gasteiger partial charge >= 0.3 is 0 Å². The predicted molar refractivity (Wildman–Crippen MR) is 91.2 cm³/mol. The van der Waals surface area contributed by atoms with Crippen LogP contribution in [-0.2, 0) is 11.2 Å². The van der Waals surface area contributed by atoms with E-state index in [1.807, 2.05) is 31.2 Å². The van der Waals surface area contributed by atoms with Gasteiger partial charge in [0.05, 0.1) is 25.2 Å². The Balaban J connectivity index is 1.77. The second kappa shape index (κ2) is 6.30. The highest BCUT2D eigenvalue weighted by Crippen LogP contribution is 2.27. The summed E-state index contributed by atoms with van der Waals surface area (Å²) < 4.78 is 5.33. The summed E-state index contributed by atoms with van der Waals surface area (Å²) in [4.78, 5) is 12.3. The van der Waals surface area contributed by atoms with Gasteiger partial charge < -0.3 is 10.1 Å². The number of amides is 1. The molecule has 6 heteroatoms. The maximum absolute atomic E-state index is 12.3. The topological polar surface area (TPSA) is 67.0 Å². The molecule has 118 valence electrons. The molecule has 3 rings (SSSR count). The Morgan fingerprint density at radius 2 is 2.17 bits per heavy atom. The van der Waals surface area contributed by atoms with E-state index in [2.05, 4.69) is 15.5 Å². The fourth-order valence-corrected chi connectivity index (χ4v) is 2.60. The zero-order valence-corrected chi connectivity index (χ0v) is 13.6. The third kappa shape index (κ3) is 3.29. The summed E-state index contributed by atoms with van der Waals surface area (Å²) in [5.74, 6) is 0.521. The number of aromatic nitrogens is 2. The van der Waals surface area contributed by atoms with Gasteiger partial charge in [-0.25, -0.2) is 0 Å². The first-order chi connectivity index (χ1) is 11.1. The molecule has 5 nitrogen and oxygen atoms in total. The number of anilines is 1. The Morgan fingerprint density at radius 3 is 2.96 bits per heavy atom. The second-order valence-corrected chi connectivity index (χ2v) is 5.72. The zero-order chi connectivity index (χ0) is 16.4. The van der Waals surface area contributed by atoms with Crippen molar-refractivity contribution in [3.8, 4) is 5.75 Å². The second-order valence-electron chi connectivity index (χ2n) is 5.31. The van der Waals surface area contributed by atoms with Gasteiger partial charge in [0.1, 0.15) is 5.75 Å². The standard InChI is InChI=1S/C17H16ClN3O2/c1-10-5-16(23-2)12(6-14(10)18)7-17(22)20-13-4-3-11-9-19-21-15(11)8-13/h3-6,8-9H,7H2,1-2H3,(H,19,21)(H,20,22). The van der Waals surface area contributed by atoms with Crippen LogP contribution in [-0.4, -0.2) is 23.2 Å². The Kier molecular flexibility index (Phi) is 4.21. The molecule has 0 saturated heterocycles. The van der Waals surface area contributed by atoms with E-state index in [0.29, 0.717) is 16.5 Å². The van der Waals surface area contributed by atoms with Crippen LogP contribution in [0.1, 0.15) is 11.1 Å². The van der Waals surface area contributed by atoms with Crippen LogP contribution in [0, 0.1) is 6.92 Å². The molecule has 0 fully saturated rings. The molecule has 0 saturated carbocycles. The molecule has 0 aliphatic heterocycles. The minimum absolute atomic E-state index is 0.137. The van der Waals surface area contributed by atoms with E-state index in [4.69, 9.17) is 16.3 Å². The number of carbonyl (C=O) groups is 1. The fraction of sp³-hybridized carbons (Fsp3) is 0.176. The van der Waals surface area contributed by atoms with E-state index in [1.54, 1.807) is 19.4 Å². The van der Waals surface area contributed by atoms with Gasteiger partial charge in [-0.1, -0.05) is 11.6 Å². The molecule has 0 aliphatic rings. The van der Waals surface area contributed by atoms with Gasteiger partial charge in [0.2, 0.25) is 5.91 Å². The van der Waals surface area contributed by atoms with Crippen LogP contribution >= 0.6 is 11.6 Å². The molecule has 0 bridgehead atoms. The lowest BCUT2D eigenvalue weighted by atomic mass is 10.1. The third-order valence-corrected chi connectivity index (χ3v) is 4.05. The summed E-state index contributed by atoms with van der Waals surface area (Å²) in [6.45, 7) is 1.90. The van der Waals surface area contributed by atoms with E-state index in [-0.39, 0.29) is 12.3 Å². The number of benzene rings is 2. The maximum Gasteiger partial charge on any atom is 0.228 e. The minimum Gasteiger partial charge on any atom is -0.496 e. The number of methoxy groups -OCH3 is 1. The lowest BCUT2D eigenvalue weighted by molar-refractivity contribution is -0.115. The Hall–Kier alpha value is -2.53. The first-order valence-corrected chi connectivity index (χ1v) is 7.50. The van der Waals surface area contributed by atoms with Gasteiger partial charge in [0.15, 0.2) is 0 Å². The van der Waals surface area contributed by atoms with Crippen LogP contribution in [0.25, 0.3) is 10.9 Å². The van der Waals surface area contributed by atoms with Gasteiger partial charge in [0, 0.05) is 21.7 Å². The summed E-state index contributed by atoms with van der Waals surface area (Å²) in [5.41, 5.74) is 3.25. The zero-order valence-electron chi connectivity index (χ0n) is 12.8. The number of aromatic amines is 1. The molecule has 1 aromatic heterocycles. The molecule has 2 N–H and O–H groups in total. The van der Waals surface area contributed by atoms with Gasteiger partial charge in [-0.2, -0.15) is 5.10 Å². The largest absolute Gasteiger partial charge is 0.496 e. The van der Waals surface area contributed by atoms with Gasteiger partial charge in [-0.3, -0.25) is 9.89 Å². The van der Waals surface area contributed by atoms with E-state index in [9.17, 15) is 4.79 Å². The number of hydrogen-bond acceptors (Lipinski definition) is 3. The Morgan fingerprint density at radius 1 is 1.35 bits per heavy atom. The van der Waals surface area contributed by atoms with E-state index in [0.717, 1.165) is 22.0 Å². The first kappa shape index (κ1) is 15.4. The molecule has 23 heavy (non-hydrogen) atoms. The monoisotopic (exact) mass is 329 g/mol. The van der Waals surface area contributed by atoms with E-state index < -0.39 is 0 Å². The predicted octanol–water partition coefficient (Wildman–Crippen LogP) is 3.71. The number of ether oxygens (including phenoxy) is 1. The van der Waals surface area contributed by atoms with Crippen LogP contribution in [0.2, 0.25) is 5.02 Å². The van der Waals surface area contributed by atoms with Crippen molar-refractivity contribution < 1.29 is 9.53 Å². The molecule has 1 heterocycles. The fourth-order valence-electron chi connectivity index (χ4n) is 2.42. The molecule has 1 amide bonds. The maximum atomic E-state index is 12.3. The van der Waals surface area contributed by atoms with Crippen molar-refractivity contribution in [2.75, 3.05) is 12.4 Å². The average molecular weight is 330 g/mol. The van der Waals surface area contributed by atoms with Crippen LogP contribution in [0.4, 0.5) is 5.69 Å². The van der Waals surface area contributed by atoms with Gasteiger partial charge in [0.25, 0.3) is 0 Å². The molecule has 0 spiro atoms. The normalized spacial score (nSPS) is 10.7. The summed E-state index contributed by atoms with van der Waals surface area (Å²) in [6, 6.07) is 9.20. The van der Waals surface area contributed by atoms with Gasteiger partial charge in [-0.05, 0) is 42.8 Å². The molecular weight excluding hydrogens is 314 g/mol. The van der Waals surface area contributed by atoms with E-state index in [1.165, 1.54) is 0 Å². The molecule has 2 aromatic carbocycles. The summed E-state index contributed by atoms with van der Waals surface area (Å²) >= 11 is 6.14. The number of aryl methyl sites for hydroxylation is 1. The summed E-state index contributed by atoms with van der Waals surface area (Å²) in [7, 11) is 1.58. The van der Waals surface area contributed by atoms with Crippen molar-refractivity contribution >= 4 is 34.1 Å². The molecule has 0 unspecified atom stereocenters. The number of nitrogens with zero attached hydrogens (tertiary/aromatic N) is 1. The van der Waals surface area contributed by atoms with Crippen molar-refractivity contribution in [3.05, 3.63) is 52.7 Å². The number of rotatable bonds is 4. The Labute approximate surface area is 138 Å². The minimum atomic E-state index is -0.137. The Bertz CT molecular complexity index is 873. The molecular formula is C17H16ClN3O2. The number of H-pyrrole nitrogens is 1. The van der Waals surface area contributed by atoms with E-state index >= 15 is 0 Å². The SMILES string of the molecule is COc1cc(C)c(Cl)cc1CC(=O)Nc1ccc2cn[nH]c2c1. The number of halogens is 1. The highest BCUT2D eigenvalue weighted by molar-refractivity contribution is 6.31. The number of hydrogen-bond donors (Lipinski definition) is 2. The van der Waals surface area contributed by atoms with Crippen LogP contribution in [0.3, 0.4) is 0 Å². The summed E-state index contributed by atoms with van der Waals surface area (Å²) in [6.07, 6.45) is 1.92. The smallest absolute Gasteiger partial charge is 0.228 e. The lowest BCUT2D eigenvalue weighted by Crippen LogP contribution is -2.15. The van der Waals surface area contributed by atoms with Crippen LogP contribution in [0.15, 0.2) is 36.5 Å². The van der Waals surface area contributed by atoms with Crippen molar-refractivity contribution in [2.45, 2.75) is 13.3 Å². The highest BCUT2D eigenvalue weighted by atomic mass is 35.5. The van der Waals surface area contributed by atoms with Crippen molar-refractivity contribution in [1.29, 1.82) is 0 Å². The third-order valence-electron chi connectivity index (χ3n) is 3.64. The van der Waals surface area contributed by atoms with Crippen LogP contribution < -0.4 is 10.1 Å². The summed E-state index contributed by atoms with van der Waals surface area (Å²) in [5, 5.41) is 11.3. The number of fused-ring (bicyclic) bond motifs is 1. The van der Waals surface area contributed by atoms with Gasteiger partial charge in [-0.15, -0.1) is 0 Å². The lowest BCUT2D eigenvalue weighted by Gasteiger charge is -2.11. The number of carbonyl (C=O) groups excluding carboxylic acids is 1. The quantitative estimate of drug-likeness (QED) is 0.766. The van der Waals surface area contributed by atoms with Crippen molar-refractivity contribution in [3.63, 3.8) is 0 Å².